The van der Waals surface area contributed by atoms with E-state index in [1.165, 1.54) is 13.2 Å². The molecule has 1 aromatic heterocycles. The van der Waals surface area contributed by atoms with Crippen molar-refractivity contribution in [3.63, 3.8) is 0 Å². The van der Waals surface area contributed by atoms with E-state index < -0.39 is 47.4 Å². The molecule has 3 rings (SSSR count). The van der Waals surface area contributed by atoms with Crippen molar-refractivity contribution in [3.8, 4) is 11.4 Å². The van der Waals surface area contributed by atoms with Crippen molar-refractivity contribution in [1.82, 2.24) is 15.1 Å². The highest BCUT2D eigenvalue weighted by molar-refractivity contribution is 5.92. The van der Waals surface area contributed by atoms with Crippen LogP contribution in [0.3, 0.4) is 0 Å². The summed E-state index contributed by atoms with van der Waals surface area (Å²) in [5.41, 5.74) is -1.38. The number of carboxylic acid groups (broad SMARTS) is 1. The second-order valence-corrected chi connectivity index (χ2v) is 6.45. The van der Waals surface area contributed by atoms with Gasteiger partial charge in [-0.05, 0) is 30.3 Å². The van der Waals surface area contributed by atoms with Crippen molar-refractivity contribution in [2.24, 2.45) is 0 Å². The third-order valence-electron chi connectivity index (χ3n) is 4.37. The van der Waals surface area contributed by atoms with Crippen molar-refractivity contribution < 1.29 is 32.6 Å². The molecule has 0 fully saturated rings. The largest absolute Gasteiger partial charge is 0.496 e. The van der Waals surface area contributed by atoms with Gasteiger partial charge in [-0.25, -0.2) is 17.9 Å². The zero-order valence-electron chi connectivity index (χ0n) is 16.0. The molecule has 0 radical (unpaired) electrons. The molecule has 3 aromatic rings. The number of aliphatic carboxylic acids is 1. The summed E-state index contributed by atoms with van der Waals surface area (Å²) in [5.74, 6) is -4.60. The van der Waals surface area contributed by atoms with Crippen molar-refractivity contribution in [3.05, 3.63) is 81.5 Å². The highest BCUT2D eigenvalue weighted by Gasteiger charge is 2.24. The highest BCUT2D eigenvalue weighted by Crippen LogP contribution is 2.28. The van der Waals surface area contributed by atoms with Gasteiger partial charge < -0.3 is 15.2 Å². The normalized spacial score (nSPS) is 11.7. The van der Waals surface area contributed by atoms with E-state index in [1.54, 1.807) is 0 Å². The number of hydrogen-bond donors (Lipinski definition) is 3. The Kier molecular flexibility index (Phi) is 6.14. The number of aromatic nitrogens is 2. The topological polar surface area (TPSA) is 113 Å². The fourth-order valence-corrected chi connectivity index (χ4v) is 2.98. The van der Waals surface area contributed by atoms with Crippen LogP contribution in [0.5, 0.6) is 5.75 Å². The first-order chi connectivity index (χ1) is 14.7. The van der Waals surface area contributed by atoms with Crippen LogP contribution in [0.4, 0.5) is 13.2 Å². The van der Waals surface area contributed by atoms with Gasteiger partial charge in [0.25, 0.3) is 11.5 Å². The van der Waals surface area contributed by atoms with Crippen LogP contribution in [0.2, 0.25) is 0 Å². The van der Waals surface area contributed by atoms with Gasteiger partial charge in [-0.1, -0.05) is 0 Å². The lowest BCUT2D eigenvalue weighted by atomic mass is 10.0. The Bertz CT molecular complexity index is 1210. The maximum Gasteiger partial charge on any atom is 0.305 e. The number of amides is 1. The lowest BCUT2D eigenvalue weighted by Gasteiger charge is -2.19. The summed E-state index contributed by atoms with van der Waals surface area (Å²) < 4.78 is 46.6. The number of carbonyl (C=O) groups is 2. The number of nitrogens with zero attached hydrogens (tertiary/aromatic N) is 1. The van der Waals surface area contributed by atoms with Crippen LogP contribution >= 0.6 is 0 Å². The van der Waals surface area contributed by atoms with Crippen LogP contribution in [-0.4, -0.2) is 33.9 Å². The lowest BCUT2D eigenvalue weighted by Crippen LogP contribution is -2.31. The molecule has 0 aliphatic carbocycles. The van der Waals surface area contributed by atoms with Gasteiger partial charge in [-0.15, -0.1) is 0 Å². The first-order valence-corrected chi connectivity index (χ1v) is 8.83. The number of carbonyl (C=O) groups excluding carboxylic acids is 1. The number of hydrogen-bond acceptors (Lipinski definition) is 4. The standard InChI is InChI=1S/C20H16F3N3O5/c1-31-17-5-3-10(21)6-12(17)14(9-19(28)29)24-20(30)15-8-18(27)26(25-15)16-4-2-11(22)7-13(16)23/h2-8,14,25H,9H2,1H3,(H,24,30)(H,28,29). The Morgan fingerprint density at radius 3 is 2.45 bits per heavy atom. The van der Waals surface area contributed by atoms with Crippen molar-refractivity contribution in [2.45, 2.75) is 12.5 Å². The van der Waals surface area contributed by atoms with E-state index in [4.69, 9.17) is 4.74 Å². The fourth-order valence-electron chi connectivity index (χ4n) is 2.98. The Labute approximate surface area is 172 Å². The average molecular weight is 435 g/mol. The van der Waals surface area contributed by atoms with E-state index in [-0.39, 0.29) is 22.7 Å². The van der Waals surface area contributed by atoms with Gasteiger partial charge in [0.1, 0.15) is 28.8 Å². The number of H-pyrrole nitrogens is 1. The smallest absolute Gasteiger partial charge is 0.305 e. The van der Waals surface area contributed by atoms with Crippen LogP contribution in [0.25, 0.3) is 5.69 Å². The molecule has 0 saturated heterocycles. The molecule has 162 valence electrons. The Morgan fingerprint density at radius 2 is 1.81 bits per heavy atom. The lowest BCUT2D eigenvalue weighted by molar-refractivity contribution is -0.137. The Morgan fingerprint density at radius 1 is 1.13 bits per heavy atom. The van der Waals surface area contributed by atoms with Gasteiger partial charge in [-0.2, -0.15) is 0 Å². The number of ether oxygens (including phenoxy) is 1. The van der Waals surface area contributed by atoms with Gasteiger partial charge in [0.15, 0.2) is 5.82 Å². The number of carboxylic acids is 1. The first kappa shape index (κ1) is 21.7. The third-order valence-corrected chi connectivity index (χ3v) is 4.37. The molecule has 8 nitrogen and oxygen atoms in total. The van der Waals surface area contributed by atoms with E-state index in [0.29, 0.717) is 10.7 Å². The molecule has 2 aromatic carbocycles. The maximum atomic E-state index is 14.0. The summed E-state index contributed by atoms with van der Waals surface area (Å²) >= 11 is 0. The first-order valence-electron chi connectivity index (χ1n) is 8.83. The van der Waals surface area contributed by atoms with Crippen LogP contribution in [0.15, 0.2) is 47.3 Å². The van der Waals surface area contributed by atoms with Crippen LogP contribution in [-0.2, 0) is 4.79 Å². The summed E-state index contributed by atoms with van der Waals surface area (Å²) in [6, 6.07) is 5.58. The molecule has 0 bridgehead atoms. The molecule has 0 aliphatic rings. The molecular formula is C20H16F3N3O5. The van der Waals surface area contributed by atoms with Gasteiger partial charge >= 0.3 is 5.97 Å². The Balaban J connectivity index is 1.94. The van der Waals surface area contributed by atoms with Crippen molar-refractivity contribution in [2.75, 3.05) is 7.11 Å². The predicted octanol–water partition coefficient (Wildman–Crippen LogP) is 2.54. The minimum absolute atomic E-state index is 0.0737. The second kappa shape index (κ2) is 8.78. The zero-order chi connectivity index (χ0) is 22.7. The molecule has 1 heterocycles. The van der Waals surface area contributed by atoms with E-state index in [9.17, 15) is 32.7 Å². The van der Waals surface area contributed by atoms with Gasteiger partial charge in [-0.3, -0.25) is 19.5 Å². The van der Waals surface area contributed by atoms with Crippen LogP contribution in [0, 0.1) is 17.5 Å². The minimum atomic E-state index is -1.28. The number of rotatable bonds is 7. The summed E-state index contributed by atoms with van der Waals surface area (Å²) in [5, 5.41) is 14.0. The fraction of sp³-hybridized carbons (Fsp3) is 0.150. The molecule has 11 heteroatoms. The summed E-state index contributed by atoms with van der Waals surface area (Å²) in [6.45, 7) is 0. The Hall–Kier alpha value is -4.02. The van der Waals surface area contributed by atoms with Crippen LogP contribution in [0.1, 0.15) is 28.5 Å². The van der Waals surface area contributed by atoms with Crippen molar-refractivity contribution in [1.29, 1.82) is 0 Å². The predicted molar refractivity (Wildman–Crippen MR) is 102 cm³/mol. The second-order valence-electron chi connectivity index (χ2n) is 6.45. The summed E-state index contributed by atoms with van der Waals surface area (Å²) in [4.78, 5) is 36.1. The SMILES string of the molecule is COc1ccc(F)cc1C(CC(=O)O)NC(=O)c1cc(=O)n(-c2ccc(F)cc2F)[nH]1. The molecule has 0 aliphatic heterocycles. The number of nitrogens with one attached hydrogen (secondary N) is 2. The number of aromatic amines is 1. The molecule has 0 spiro atoms. The van der Waals surface area contributed by atoms with E-state index in [0.717, 1.165) is 30.3 Å². The average Bonchev–Trinajstić information content (AvgIpc) is 3.08. The summed E-state index contributed by atoms with van der Waals surface area (Å²) in [7, 11) is 1.30. The molecule has 1 unspecified atom stereocenters. The molecule has 31 heavy (non-hydrogen) atoms. The van der Waals surface area contributed by atoms with Gasteiger partial charge in [0.05, 0.1) is 19.6 Å². The third kappa shape index (κ3) is 4.77. The molecule has 1 atom stereocenters. The molecular weight excluding hydrogens is 419 g/mol. The minimum Gasteiger partial charge on any atom is -0.496 e. The molecule has 0 saturated carbocycles. The van der Waals surface area contributed by atoms with Crippen molar-refractivity contribution >= 4 is 11.9 Å². The van der Waals surface area contributed by atoms with E-state index in [1.807, 2.05) is 0 Å². The molecule has 3 N–H and O–H groups in total. The van der Waals surface area contributed by atoms with Crippen LogP contribution < -0.4 is 15.6 Å². The van der Waals surface area contributed by atoms with Gasteiger partial charge in [0, 0.05) is 17.7 Å². The van der Waals surface area contributed by atoms with E-state index in [2.05, 4.69) is 10.4 Å². The van der Waals surface area contributed by atoms with Gasteiger partial charge in [0.2, 0.25) is 0 Å². The molecule has 1 amide bonds. The monoisotopic (exact) mass is 435 g/mol. The number of halogens is 3. The number of benzene rings is 2. The quantitative estimate of drug-likeness (QED) is 0.528. The highest BCUT2D eigenvalue weighted by atomic mass is 19.1. The maximum absolute atomic E-state index is 14.0. The van der Waals surface area contributed by atoms with E-state index >= 15 is 0 Å². The zero-order valence-corrected chi connectivity index (χ0v) is 16.0. The number of methoxy groups -OCH3 is 1. The summed E-state index contributed by atoms with van der Waals surface area (Å²) in [6.07, 6.45) is -0.608.